The number of H-pyrrole nitrogens is 1. The van der Waals surface area contributed by atoms with Gasteiger partial charge in [0.2, 0.25) is 0 Å². The number of nitrogens with one attached hydrogen (secondary N) is 2. The molecule has 0 radical (unpaired) electrons. The Morgan fingerprint density at radius 3 is 2.93 bits per heavy atom. The zero-order chi connectivity index (χ0) is 18.6. The van der Waals surface area contributed by atoms with Gasteiger partial charge in [-0.05, 0) is 48.1 Å². The third kappa shape index (κ3) is 3.99. The number of rotatable bonds is 6. The van der Waals surface area contributed by atoms with Crippen LogP contribution < -0.4 is 5.32 Å². The molecule has 0 bridgehead atoms. The zero-order valence-electron chi connectivity index (χ0n) is 14.3. The molecule has 8 heteroatoms. The lowest BCUT2D eigenvalue weighted by molar-refractivity contribution is 0.0954. The minimum atomic E-state index is -0.142. The highest BCUT2D eigenvalue weighted by atomic mass is 35.5. The summed E-state index contributed by atoms with van der Waals surface area (Å²) in [5.74, 6) is 0.582. The second kappa shape index (κ2) is 7.85. The zero-order valence-corrected chi connectivity index (χ0v) is 15.8. The number of aryl methyl sites for hydroxylation is 1. The lowest BCUT2D eigenvalue weighted by Gasteiger charge is -2.06. The van der Waals surface area contributed by atoms with E-state index in [0.29, 0.717) is 28.4 Å². The van der Waals surface area contributed by atoms with Crippen molar-refractivity contribution < 1.29 is 4.79 Å². The van der Waals surface area contributed by atoms with Gasteiger partial charge >= 0.3 is 0 Å². The van der Waals surface area contributed by atoms with Crippen LogP contribution in [0, 0.1) is 0 Å². The first-order chi connectivity index (χ1) is 13.2. The normalized spacial score (nSPS) is 11.0. The Bertz CT molecular complexity index is 1080. The fraction of sp³-hybridized carbons (Fsp3) is 0.158. The first-order valence-corrected chi connectivity index (χ1v) is 9.74. The van der Waals surface area contributed by atoms with Gasteiger partial charge in [-0.25, -0.2) is 15.0 Å². The monoisotopic (exact) mass is 397 g/mol. The van der Waals surface area contributed by atoms with E-state index in [2.05, 4.69) is 25.3 Å². The van der Waals surface area contributed by atoms with E-state index in [-0.39, 0.29) is 5.91 Å². The van der Waals surface area contributed by atoms with E-state index in [4.69, 9.17) is 11.6 Å². The second-order valence-electron chi connectivity index (χ2n) is 5.97. The maximum atomic E-state index is 12.6. The van der Waals surface area contributed by atoms with Crippen LogP contribution >= 0.6 is 22.9 Å². The Balaban J connectivity index is 1.43. The number of carbonyl (C=O) groups excluding carboxylic acids is 1. The largest absolute Gasteiger partial charge is 0.352 e. The van der Waals surface area contributed by atoms with E-state index in [9.17, 15) is 4.79 Å². The number of hydrogen-bond donors (Lipinski definition) is 2. The summed E-state index contributed by atoms with van der Waals surface area (Å²) in [5, 5.41) is 5.43. The summed E-state index contributed by atoms with van der Waals surface area (Å²) < 4.78 is 0. The van der Waals surface area contributed by atoms with Crippen LogP contribution in [0.4, 0.5) is 0 Å². The van der Waals surface area contributed by atoms with E-state index in [1.54, 1.807) is 29.8 Å². The average Bonchev–Trinajstić information content (AvgIpc) is 3.33. The van der Waals surface area contributed by atoms with Crippen molar-refractivity contribution in [2.24, 2.45) is 0 Å². The quantitative estimate of drug-likeness (QED) is 0.379. The number of thiophene rings is 1. The maximum Gasteiger partial charge on any atom is 0.253 e. The summed E-state index contributed by atoms with van der Waals surface area (Å²) in [6.45, 7) is 0.564. The molecule has 4 heterocycles. The molecule has 0 unspecified atom stereocenters. The van der Waals surface area contributed by atoms with Gasteiger partial charge in [0.25, 0.3) is 5.91 Å². The summed E-state index contributed by atoms with van der Waals surface area (Å²) in [7, 11) is 0. The van der Waals surface area contributed by atoms with Crippen LogP contribution in [0.15, 0.2) is 48.1 Å². The van der Waals surface area contributed by atoms with Crippen molar-refractivity contribution in [3.05, 3.63) is 64.4 Å². The van der Waals surface area contributed by atoms with Gasteiger partial charge in [0.1, 0.15) is 5.15 Å². The topological polar surface area (TPSA) is 83.6 Å². The molecule has 4 aromatic rings. The number of nitrogens with zero attached hydrogens (tertiary/aromatic N) is 3. The minimum Gasteiger partial charge on any atom is -0.352 e. The van der Waals surface area contributed by atoms with Crippen LogP contribution in [0.25, 0.3) is 21.9 Å². The fourth-order valence-electron chi connectivity index (χ4n) is 2.82. The van der Waals surface area contributed by atoms with Crippen LogP contribution in [0.5, 0.6) is 0 Å². The molecule has 0 saturated carbocycles. The number of fused-ring (bicyclic) bond motifs is 1. The van der Waals surface area contributed by atoms with Crippen molar-refractivity contribution in [2.75, 3.05) is 6.54 Å². The molecule has 0 atom stereocenters. The van der Waals surface area contributed by atoms with Crippen molar-refractivity contribution in [3.8, 4) is 10.7 Å². The van der Waals surface area contributed by atoms with Gasteiger partial charge < -0.3 is 10.3 Å². The smallest absolute Gasteiger partial charge is 0.253 e. The summed E-state index contributed by atoms with van der Waals surface area (Å²) >= 11 is 7.47. The highest BCUT2D eigenvalue weighted by molar-refractivity contribution is 7.13. The molecule has 0 aliphatic rings. The molecule has 6 nitrogen and oxygen atoms in total. The Morgan fingerprint density at radius 2 is 2.11 bits per heavy atom. The molecule has 0 spiro atoms. The van der Waals surface area contributed by atoms with Crippen molar-refractivity contribution >= 4 is 40.0 Å². The Morgan fingerprint density at radius 1 is 1.22 bits per heavy atom. The third-order valence-corrected chi connectivity index (χ3v) is 5.19. The third-order valence-electron chi connectivity index (χ3n) is 4.11. The molecule has 4 rings (SSSR count). The molecule has 27 heavy (non-hydrogen) atoms. The van der Waals surface area contributed by atoms with E-state index >= 15 is 0 Å². The van der Waals surface area contributed by atoms with Gasteiger partial charge in [0.15, 0.2) is 11.5 Å². The number of amides is 1. The van der Waals surface area contributed by atoms with Gasteiger partial charge in [-0.2, -0.15) is 0 Å². The van der Waals surface area contributed by atoms with Crippen molar-refractivity contribution in [1.29, 1.82) is 0 Å². The molecular weight excluding hydrogens is 382 g/mol. The first-order valence-electron chi connectivity index (χ1n) is 8.48. The van der Waals surface area contributed by atoms with E-state index < -0.39 is 0 Å². The molecule has 0 saturated heterocycles. The number of hydrogen-bond acceptors (Lipinski definition) is 5. The first kappa shape index (κ1) is 17.6. The SMILES string of the molecule is O=C(NCCCc1ccnc(Cl)c1)c1ccnc2nc(-c3cccs3)[nH]c12. The number of halogens is 1. The van der Waals surface area contributed by atoms with Crippen LogP contribution in [0.1, 0.15) is 22.3 Å². The Kier molecular flexibility index (Phi) is 5.13. The standard InChI is InChI=1S/C19H16ClN5OS/c20-15-11-12(5-8-21-15)3-1-7-23-19(26)13-6-9-22-18-16(13)24-17(25-18)14-4-2-10-27-14/h2,4-6,8-11H,1,3,7H2,(H,23,26)(H,22,24,25). The number of imidazole rings is 1. The van der Waals surface area contributed by atoms with Gasteiger partial charge in [0, 0.05) is 18.9 Å². The van der Waals surface area contributed by atoms with Crippen LogP contribution in [0.2, 0.25) is 5.15 Å². The molecule has 136 valence electrons. The van der Waals surface area contributed by atoms with Crippen LogP contribution in [0.3, 0.4) is 0 Å². The second-order valence-corrected chi connectivity index (χ2v) is 7.30. The molecule has 4 aromatic heterocycles. The van der Waals surface area contributed by atoms with Gasteiger partial charge in [-0.1, -0.05) is 17.7 Å². The predicted octanol–water partition coefficient (Wildman–Crippen LogP) is 4.10. The number of aromatic nitrogens is 4. The van der Waals surface area contributed by atoms with Crippen molar-refractivity contribution in [1.82, 2.24) is 25.3 Å². The van der Waals surface area contributed by atoms with Crippen LogP contribution in [-0.4, -0.2) is 32.4 Å². The van der Waals surface area contributed by atoms with Crippen molar-refractivity contribution in [2.45, 2.75) is 12.8 Å². The summed E-state index contributed by atoms with van der Waals surface area (Å²) in [5.41, 5.74) is 2.84. The molecule has 0 fully saturated rings. The minimum absolute atomic E-state index is 0.142. The number of pyridine rings is 2. The number of carbonyl (C=O) groups is 1. The summed E-state index contributed by atoms with van der Waals surface area (Å²) in [6, 6.07) is 9.41. The predicted molar refractivity (Wildman–Crippen MR) is 107 cm³/mol. The highest BCUT2D eigenvalue weighted by Crippen LogP contribution is 2.25. The lowest BCUT2D eigenvalue weighted by atomic mass is 10.1. The molecule has 0 aliphatic heterocycles. The molecule has 2 N–H and O–H groups in total. The van der Waals surface area contributed by atoms with E-state index in [0.717, 1.165) is 29.1 Å². The lowest BCUT2D eigenvalue weighted by Crippen LogP contribution is -2.25. The molecule has 0 aliphatic carbocycles. The fourth-order valence-corrected chi connectivity index (χ4v) is 3.68. The Hall–Kier alpha value is -2.77. The van der Waals surface area contributed by atoms with E-state index in [1.165, 1.54) is 0 Å². The maximum absolute atomic E-state index is 12.6. The van der Waals surface area contributed by atoms with Crippen molar-refractivity contribution in [3.63, 3.8) is 0 Å². The van der Waals surface area contributed by atoms with Crippen LogP contribution in [-0.2, 0) is 6.42 Å². The highest BCUT2D eigenvalue weighted by Gasteiger charge is 2.15. The summed E-state index contributed by atoms with van der Waals surface area (Å²) in [6.07, 6.45) is 4.92. The number of aromatic amines is 1. The van der Waals surface area contributed by atoms with Gasteiger partial charge in [-0.3, -0.25) is 4.79 Å². The van der Waals surface area contributed by atoms with Gasteiger partial charge in [-0.15, -0.1) is 11.3 Å². The average molecular weight is 398 g/mol. The van der Waals surface area contributed by atoms with E-state index in [1.807, 2.05) is 29.6 Å². The molecule has 0 aromatic carbocycles. The molecule has 1 amide bonds. The Labute approximate surface area is 164 Å². The summed E-state index contributed by atoms with van der Waals surface area (Å²) in [4.78, 5) is 29.6. The van der Waals surface area contributed by atoms with Gasteiger partial charge in [0.05, 0.1) is 16.0 Å². The molecular formula is C19H16ClN5OS.